The smallest absolute Gasteiger partial charge is 0.255 e. The van der Waals surface area contributed by atoms with Gasteiger partial charge in [-0.25, -0.2) is 0 Å². The van der Waals surface area contributed by atoms with Crippen LogP contribution < -0.4 is 9.64 Å². The number of carbonyl (C=O) groups is 2. The van der Waals surface area contributed by atoms with Crippen LogP contribution in [-0.4, -0.2) is 41.4 Å². The highest BCUT2D eigenvalue weighted by molar-refractivity contribution is 6.19. The number of benzene rings is 2. The molecule has 0 spiro atoms. The number of methoxy groups -OCH3 is 1. The highest BCUT2D eigenvalue weighted by Gasteiger charge is 2.61. The van der Waals surface area contributed by atoms with E-state index in [9.17, 15) is 9.59 Å². The van der Waals surface area contributed by atoms with Crippen LogP contribution in [0.4, 0.5) is 11.4 Å². The van der Waals surface area contributed by atoms with Gasteiger partial charge in [0.05, 0.1) is 24.4 Å². The molecule has 2 aromatic carbocycles. The number of hydrogen-bond acceptors (Lipinski definition) is 5. The molecule has 1 saturated heterocycles. The van der Waals surface area contributed by atoms with Crippen molar-refractivity contribution in [2.75, 3.05) is 19.1 Å². The normalized spacial score (nSPS) is 26.1. The Morgan fingerprint density at radius 1 is 1.13 bits per heavy atom. The predicted molar refractivity (Wildman–Crippen MR) is 114 cm³/mol. The summed E-state index contributed by atoms with van der Waals surface area (Å²) in [6, 6.07) is 12.1. The number of nitrogens with zero attached hydrogens (tertiary/aromatic N) is 3. The van der Waals surface area contributed by atoms with Crippen molar-refractivity contribution in [1.82, 2.24) is 9.88 Å². The van der Waals surface area contributed by atoms with Gasteiger partial charge >= 0.3 is 0 Å². The fraction of sp³-hybridized carbons (Fsp3) is 0.292. The number of pyridine rings is 1. The average Bonchev–Trinajstić information content (AvgIpc) is 2.77. The lowest BCUT2D eigenvalue weighted by Gasteiger charge is -2.57. The van der Waals surface area contributed by atoms with Gasteiger partial charge in [-0.05, 0) is 36.2 Å². The lowest BCUT2D eigenvalue weighted by molar-refractivity contribution is -0.155. The molecule has 0 radical (unpaired) electrons. The van der Waals surface area contributed by atoms with Gasteiger partial charge in [0, 0.05) is 30.1 Å². The molecule has 30 heavy (non-hydrogen) atoms. The van der Waals surface area contributed by atoms with Crippen molar-refractivity contribution in [3.63, 3.8) is 0 Å². The quantitative estimate of drug-likeness (QED) is 0.582. The van der Waals surface area contributed by atoms with Crippen LogP contribution in [0.25, 0.3) is 22.0 Å². The van der Waals surface area contributed by atoms with Crippen LogP contribution in [0.1, 0.15) is 25.3 Å². The van der Waals surface area contributed by atoms with Crippen molar-refractivity contribution in [2.45, 2.75) is 25.3 Å². The predicted octanol–water partition coefficient (Wildman–Crippen LogP) is 3.85. The summed E-state index contributed by atoms with van der Waals surface area (Å²) < 4.78 is 5.70. The third-order valence-electron chi connectivity index (χ3n) is 7.38. The number of amides is 2. The summed E-state index contributed by atoms with van der Waals surface area (Å²) in [5.41, 5.74) is 4.75. The van der Waals surface area contributed by atoms with Gasteiger partial charge < -0.3 is 9.64 Å². The molecule has 3 aromatic rings. The van der Waals surface area contributed by atoms with E-state index in [1.165, 1.54) is 4.90 Å². The Morgan fingerprint density at radius 3 is 2.67 bits per heavy atom. The molecular formula is C24H21N3O3. The van der Waals surface area contributed by atoms with E-state index in [0.717, 1.165) is 39.0 Å². The summed E-state index contributed by atoms with van der Waals surface area (Å²) in [5, 5.41) is 0.943. The van der Waals surface area contributed by atoms with E-state index in [2.05, 4.69) is 22.0 Å². The molecule has 0 saturated carbocycles. The van der Waals surface area contributed by atoms with Crippen molar-refractivity contribution >= 4 is 34.1 Å². The molecule has 0 aliphatic carbocycles. The van der Waals surface area contributed by atoms with Gasteiger partial charge in [-0.15, -0.1) is 0 Å². The third kappa shape index (κ3) is 1.70. The van der Waals surface area contributed by atoms with E-state index in [1.807, 2.05) is 38.1 Å². The molecule has 3 aliphatic heterocycles. The van der Waals surface area contributed by atoms with E-state index in [1.54, 1.807) is 20.4 Å². The topological polar surface area (TPSA) is 62.7 Å². The summed E-state index contributed by atoms with van der Waals surface area (Å²) in [7, 11) is 3.22. The Hall–Kier alpha value is -3.41. The first-order chi connectivity index (χ1) is 14.4. The molecule has 1 aromatic heterocycles. The summed E-state index contributed by atoms with van der Waals surface area (Å²) in [6.45, 7) is 3.97. The second-order valence-electron chi connectivity index (χ2n) is 8.57. The second-order valence-corrected chi connectivity index (χ2v) is 8.57. The number of piperidine rings is 1. The van der Waals surface area contributed by atoms with Crippen molar-refractivity contribution in [2.24, 2.45) is 5.92 Å². The van der Waals surface area contributed by atoms with Gasteiger partial charge in [-0.1, -0.05) is 25.1 Å². The zero-order valence-electron chi connectivity index (χ0n) is 17.3. The van der Waals surface area contributed by atoms with E-state index in [4.69, 9.17) is 4.74 Å². The third-order valence-corrected chi connectivity index (χ3v) is 7.38. The van der Waals surface area contributed by atoms with Crippen LogP contribution in [0.3, 0.4) is 0 Å². The number of fused-ring (bicyclic) bond motifs is 7. The van der Waals surface area contributed by atoms with Crippen LogP contribution in [0, 0.1) is 5.92 Å². The lowest BCUT2D eigenvalue weighted by atomic mass is 9.64. The van der Waals surface area contributed by atoms with Gasteiger partial charge in [-0.2, -0.15) is 0 Å². The summed E-state index contributed by atoms with van der Waals surface area (Å²) in [4.78, 5) is 34.9. The van der Waals surface area contributed by atoms with E-state index < -0.39 is 11.5 Å². The molecule has 4 heterocycles. The monoisotopic (exact) mass is 399 g/mol. The minimum absolute atomic E-state index is 0.161. The van der Waals surface area contributed by atoms with Gasteiger partial charge in [0.15, 0.2) is 0 Å². The Morgan fingerprint density at radius 2 is 1.90 bits per heavy atom. The highest BCUT2D eigenvalue weighted by Crippen LogP contribution is 2.61. The summed E-state index contributed by atoms with van der Waals surface area (Å²) in [5.74, 6) is -0.303. The first-order valence-electron chi connectivity index (χ1n) is 10.1. The molecule has 2 bridgehead atoms. The van der Waals surface area contributed by atoms with Gasteiger partial charge in [0.25, 0.3) is 5.91 Å². The Labute approximate surface area is 174 Å². The lowest BCUT2D eigenvalue weighted by Crippen LogP contribution is -2.69. The number of likely N-dealkylation sites (tertiary alicyclic amines) is 1. The van der Waals surface area contributed by atoms with Crippen LogP contribution in [-0.2, 0) is 9.59 Å². The minimum Gasteiger partial charge on any atom is -0.494 e. The van der Waals surface area contributed by atoms with E-state index in [-0.39, 0.29) is 17.7 Å². The highest BCUT2D eigenvalue weighted by atomic mass is 16.5. The fourth-order valence-corrected chi connectivity index (χ4v) is 5.75. The number of hydrogen-bond donors (Lipinski definition) is 0. The minimum atomic E-state index is -0.883. The number of aromatic nitrogens is 1. The molecule has 1 fully saturated rings. The molecule has 3 aliphatic rings. The van der Waals surface area contributed by atoms with Crippen molar-refractivity contribution in [3.8, 4) is 16.9 Å². The number of carbonyl (C=O) groups excluding carboxylic acids is 2. The first-order valence-corrected chi connectivity index (χ1v) is 10.1. The zero-order chi connectivity index (χ0) is 20.9. The Bertz CT molecular complexity index is 1300. The number of para-hydroxylation sites is 1. The first kappa shape index (κ1) is 17.4. The molecule has 150 valence electrons. The molecule has 6 nitrogen and oxygen atoms in total. The van der Waals surface area contributed by atoms with Gasteiger partial charge in [0.2, 0.25) is 5.91 Å². The van der Waals surface area contributed by atoms with Crippen molar-refractivity contribution < 1.29 is 14.3 Å². The number of anilines is 2. The molecule has 6 heteroatoms. The maximum absolute atomic E-state index is 13.6. The largest absolute Gasteiger partial charge is 0.494 e. The Kier molecular flexibility index (Phi) is 3.13. The average molecular weight is 399 g/mol. The molecule has 2 amide bonds. The fourth-order valence-electron chi connectivity index (χ4n) is 5.75. The van der Waals surface area contributed by atoms with Crippen molar-refractivity contribution in [3.05, 3.63) is 48.2 Å². The number of rotatable bonds is 1. The van der Waals surface area contributed by atoms with Crippen LogP contribution in [0.5, 0.6) is 5.75 Å². The zero-order valence-corrected chi connectivity index (χ0v) is 17.3. The van der Waals surface area contributed by atoms with Gasteiger partial charge in [0.1, 0.15) is 16.8 Å². The maximum atomic E-state index is 13.6. The summed E-state index contributed by atoms with van der Waals surface area (Å²) in [6.07, 6.45) is 1.79. The molecule has 3 atom stereocenters. The van der Waals surface area contributed by atoms with Crippen LogP contribution >= 0.6 is 0 Å². The Balaban J connectivity index is 1.87. The molecule has 0 N–H and O–H groups in total. The van der Waals surface area contributed by atoms with Crippen LogP contribution in [0.2, 0.25) is 0 Å². The maximum Gasteiger partial charge on any atom is 0.255 e. The van der Waals surface area contributed by atoms with E-state index >= 15 is 0 Å². The second kappa shape index (κ2) is 5.39. The van der Waals surface area contributed by atoms with Gasteiger partial charge in [-0.3, -0.25) is 19.5 Å². The molecule has 0 unspecified atom stereocenters. The molecular weight excluding hydrogens is 378 g/mol. The standard InChI is InChI=1S/C24H21N3O3/c1-12-18-15-11-17(30-4)20-19-14(9-10-25-20)13-7-5-6-8-16(13)27(21(15)19)24(12,2)23(29)26(3)22(18)28/h5-12,18H,1-4H3/t12-,18+,24+/m1/s1. The number of likely N-dealkylation sites (N-methyl/N-ethyl adjacent to an activating group) is 1. The van der Waals surface area contributed by atoms with E-state index in [0.29, 0.717) is 5.75 Å². The van der Waals surface area contributed by atoms with Crippen molar-refractivity contribution in [1.29, 1.82) is 0 Å². The summed E-state index contributed by atoms with van der Waals surface area (Å²) >= 11 is 0. The van der Waals surface area contributed by atoms with Crippen LogP contribution in [0.15, 0.2) is 42.6 Å². The SMILES string of the molecule is COc1cc2c3c4c(ccnc14)-c1ccccc1N3[C@]1(C)C(=O)N(C)C(=O)[C@H]2[C@H]1C. The molecule has 6 rings (SSSR count). The number of imide groups is 1. The number of ether oxygens (including phenoxy) is 1.